The molecule has 0 radical (unpaired) electrons. The van der Waals surface area contributed by atoms with Gasteiger partial charge in [0, 0.05) is 11.1 Å². The maximum Gasteiger partial charge on any atom is 0.123 e. The molecule has 3 aliphatic rings. The third kappa shape index (κ3) is 10.5. The third-order valence-corrected chi connectivity index (χ3v) is 13.8. The number of epoxide rings is 3. The van der Waals surface area contributed by atoms with Gasteiger partial charge in [0.05, 0.1) is 19.8 Å². The van der Waals surface area contributed by atoms with Crippen LogP contribution in [0.3, 0.4) is 0 Å². The normalized spacial score (nSPS) is 17.8. The average Bonchev–Trinajstić information content (AvgIpc) is 4.16. The van der Waals surface area contributed by atoms with E-state index in [-0.39, 0.29) is 29.1 Å². The molecule has 0 amide bonds. The van der Waals surface area contributed by atoms with E-state index < -0.39 is 0 Å². The van der Waals surface area contributed by atoms with Crippen LogP contribution in [0.1, 0.15) is 72.2 Å². The maximum absolute atomic E-state index is 6.58. The largest absolute Gasteiger partial charge is 0.491 e. The highest BCUT2D eigenvalue weighted by Gasteiger charge is 2.31. The molecule has 0 saturated carbocycles. The van der Waals surface area contributed by atoms with Gasteiger partial charge in [0.25, 0.3) is 0 Å². The van der Waals surface area contributed by atoms with E-state index in [2.05, 4.69) is 179 Å². The van der Waals surface area contributed by atoms with Gasteiger partial charge in [0.2, 0.25) is 0 Å². The molecule has 0 spiro atoms. The summed E-state index contributed by atoms with van der Waals surface area (Å²) in [7, 11) is 0. The van der Waals surface area contributed by atoms with Crippen molar-refractivity contribution in [2.75, 3.05) is 39.6 Å². The van der Waals surface area contributed by atoms with Crippen LogP contribution in [0.2, 0.25) is 0 Å². The summed E-state index contributed by atoms with van der Waals surface area (Å²) in [6, 6.07) is 56.0. The van der Waals surface area contributed by atoms with Crippen LogP contribution in [-0.2, 0) is 50.7 Å². The lowest BCUT2D eigenvalue weighted by atomic mass is 9.77. The van der Waals surface area contributed by atoms with Crippen LogP contribution >= 0.6 is 0 Å². The topological polar surface area (TPSA) is 65.3 Å². The van der Waals surface area contributed by atoms with Gasteiger partial charge in [-0.15, -0.1) is 0 Å². The third-order valence-electron chi connectivity index (χ3n) is 13.8. The lowest BCUT2D eigenvalue weighted by molar-refractivity contribution is 0.257. The molecule has 6 nitrogen and oxygen atoms in total. The van der Waals surface area contributed by atoms with Crippen LogP contribution in [0.15, 0.2) is 152 Å². The number of hydrogen-bond acceptors (Lipinski definition) is 6. The fourth-order valence-corrected chi connectivity index (χ4v) is 9.85. The molecule has 8 aromatic carbocycles. The van der Waals surface area contributed by atoms with Gasteiger partial charge in [-0.25, -0.2) is 0 Å². The van der Waals surface area contributed by atoms with E-state index in [1.807, 2.05) is 0 Å². The Balaban J connectivity index is 0.813. The molecule has 0 N–H and O–H groups in total. The molecule has 3 atom stereocenters. The van der Waals surface area contributed by atoms with Crippen molar-refractivity contribution in [1.29, 1.82) is 0 Å². The van der Waals surface area contributed by atoms with Crippen LogP contribution in [-0.4, -0.2) is 58.0 Å². The quantitative estimate of drug-likeness (QED) is 0.0754. The minimum atomic E-state index is -0.209. The molecular weight excluding hydrogens is 829 g/mol. The highest BCUT2D eigenvalue weighted by molar-refractivity contribution is 5.87. The number of ether oxygens (including phenoxy) is 6. The van der Waals surface area contributed by atoms with E-state index >= 15 is 0 Å². The van der Waals surface area contributed by atoms with Gasteiger partial charge in [-0.2, -0.15) is 0 Å². The van der Waals surface area contributed by atoms with Crippen molar-refractivity contribution in [3.8, 4) is 17.2 Å². The minimum Gasteiger partial charge on any atom is -0.491 e. The molecule has 3 heterocycles. The van der Waals surface area contributed by atoms with Crippen LogP contribution in [0.5, 0.6) is 17.2 Å². The van der Waals surface area contributed by atoms with E-state index in [9.17, 15) is 0 Å². The predicted octanol–water partition coefficient (Wildman–Crippen LogP) is 12.7. The van der Waals surface area contributed by atoms with E-state index in [1.165, 1.54) is 76.8 Å². The van der Waals surface area contributed by atoms with Crippen LogP contribution in [0, 0.1) is 0 Å². The SMILES string of the molecule is CC(C)(Cc1cccc(Cc2ccc3cc(OCC4CO4)c(C(C)(C)Cc4cccc(Cc5ccc6cc(OCC7CO7)ccc6c5)c4)cc3c2)c1)c1cc2ccccc2cc1OCC1CO1. The molecular formula is C61H60O6. The Bertz CT molecular complexity index is 3080. The first kappa shape index (κ1) is 43.4. The second-order valence-electron chi connectivity index (χ2n) is 20.5. The summed E-state index contributed by atoms with van der Waals surface area (Å²) >= 11 is 0. The summed E-state index contributed by atoms with van der Waals surface area (Å²) < 4.78 is 35.3. The van der Waals surface area contributed by atoms with Gasteiger partial charge >= 0.3 is 0 Å². The van der Waals surface area contributed by atoms with Gasteiger partial charge < -0.3 is 28.4 Å². The predicted molar refractivity (Wildman–Crippen MR) is 270 cm³/mol. The maximum atomic E-state index is 6.58. The van der Waals surface area contributed by atoms with Gasteiger partial charge in [0.15, 0.2) is 0 Å². The summed E-state index contributed by atoms with van der Waals surface area (Å²) in [4.78, 5) is 0. The molecule has 8 aromatic rings. The van der Waals surface area contributed by atoms with Crippen LogP contribution in [0.25, 0.3) is 32.3 Å². The Morgan fingerprint density at radius 2 is 0.791 bits per heavy atom. The van der Waals surface area contributed by atoms with Crippen molar-refractivity contribution in [1.82, 2.24) is 0 Å². The summed E-state index contributed by atoms with van der Waals surface area (Å²) in [5, 5.41) is 7.24. The highest BCUT2D eigenvalue weighted by Crippen LogP contribution is 2.40. The second-order valence-corrected chi connectivity index (χ2v) is 20.5. The smallest absolute Gasteiger partial charge is 0.123 e. The molecule has 6 heteroatoms. The summed E-state index contributed by atoms with van der Waals surface area (Å²) in [6.45, 7) is 13.5. The highest BCUT2D eigenvalue weighted by atomic mass is 16.6. The van der Waals surface area contributed by atoms with Crippen molar-refractivity contribution in [3.63, 3.8) is 0 Å². The average molecular weight is 889 g/mol. The fourth-order valence-electron chi connectivity index (χ4n) is 9.85. The molecule has 3 saturated heterocycles. The van der Waals surface area contributed by atoms with Crippen LogP contribution in [0.4, 0.5) is 0 Å². The zero-order valence-corrected chi connectivity index (χ0v) is 39.2. The Labute approximate surface area is 394 Å². The standard InChI is InChI=1S/C61H60O6/c1-60(2,56-28-46-13-5-6-14-47(46)30-58(56)66-38-54-36-64-54)32-44-11-8-10-41(24-44)22-43-16-18-50-31-59(67-39-55-37-65-55)57(29-51(50)26-43)61(3,4)33-45-12-7-9-40(23-45)21-42-15-17-49-27-52(20-19-48(49)25-42)62-34-53-35-63-53/h5-20,23-31,53-55H,21-22,32-39H2,1-4H3. The first-order valence-corrected chi connectivity index (χ1v) is 24.1. The minimum absolute atomic E-state index is 0.161. The number of hydrogen-bond donors (Lipinski definition) is 0. The molecule has 0 bridgehead atoms. The summed E-state index contributed by atoms with van der Waals surface area (Å²) in [5.41, 5.74) is 9.91. The number of benzene rings is 8. The lowest BCUT2D eigenvalue weighted by Gasteiger charge is -2.29. The monoisotopic (exact) mass is 888 g/mol. The van der Waals surface area contributed by atoms with Crippen molar-refractivity contribution >= 4 is 32.3 Å². The van der Waals surface area contributed by atoms with Crippen molar-refractivity contribution in [2.24, 2.45) is 0 Å². The van der Waals surface area contributed by atoms with E-state index in [1.54, 1.807) is 0 Å². The van der Waals surface area contributed by atoms with Gasteiger partial charge in [-0.1, -0.05) is 143 Å². The molecule has 3 aliphatic heterocycles. The molecule has 0 aliphatic carbocycles. The Morgan fingerprint density at radius 1 is 0.388 bits per heavy atom. The zero-order valence-electron chi connectivity index (χ0n) is 39.2. The van der Waals surface area contributed by atoms with Crippen LogP contribution < -0.4 is 14.2 Å². The number of rotatable bonds is 19. The second kappa shape index (κ2) is 18.1. The molecule has 0 aromatic heterocycles. The van der Waals surface area contributed by atoms with Gasteiger partial charge in [-0.3, -0.25) is 0 Å². The van der Waals surface area contributed by atoms with E-state index in [0.29, 0.717) is 19.8 Å². The van der Waals surface area contributed by atoms with Crippen molar-refractivity contribution < 1.29 is 28.4 Å². The van der Waals surface area contributed by atoms with E-state index in [0.717, 1.165) is 62.8 Å². The summed E-state index contributed by atoms with van der Waals surface area (Å²) in [6.07, 6.45) is 4.10. The van der Waals surface area contributed by atoms with Gasteiger partial charge in [-0.05, 0) is 139 Å². The molecule has 3 unspecified atom stereocenters. The summed E-state index contributed by atoms with van der Waals surface area (Å²) in [5.74, 6) is 2.79. The first-order chi connectivity index (χ1) is 32.5. The van der Waals surface area contributed by atoms with E-state index in [4.69, 9.17) is 28.4 Å². The Morgan fingerprint density at radius 3 is 1.33 bits per heavy atom. The Hall–Kier alpha value is -6.18. The first-order valence-electron chi connectivity index (χ1n) is 24.1. The fraction of sp³-hybridized carbons (Fsp3) is 0.311. The number of fused-ring (bicyclic) bond motifs is 3. The lowest BCUT2D eigenvalue weighted by Crippen LogP contribution is -2.22. The van der Waals surface area contributed by atoms with Crippen molar-refractivity contribution in [2.45, 2.75) is 82.5 Å². The molecule has 3 fully saturated rings. The van der Waals surface area contributed by atoms with Gasteiger partial charge in [0.1, 0.15) is 55.4 Å². The van der Waals surface area contributed by atoms with Crippen molar-refractivity contribution in [3.05, 3.63) is 196 Å². The molecule has 67 heavy (non-hydrogen) atoms. The Kier molecular flexibility index (Phi) is 11.7. The molecule has 340 valence electrons. The molecule has 11 rings (SSSR count). The zero-order chi connectivity index (χ0) is 45.5.